The van der Waals surface area contributed by atoms with Crippen LogP contribution in [0, 0.1) is 0 Å². The molecule has 1 N–H and O–H groups in total. The Morgan fingerprint density at radius 2 is 1.88 bits per heavy atom. The number of anilines is 1. The number of fused-ring (bicyclic) bond motifs is 1. The third-order valence-corrected chi connectivity index (χ3v) is 3.46. The number of pyridine rings is 1. The maximum Gasteiger partial charge on any atom is 0.360 e. The number of rotatable bonds is 5. The number of benzene rings is 1. The molecular formula is C18H17N3O3. The van der Waals surface area contributed by atoms with Crippen LogP contribution in [0.3, 0.4) is 0 Å². The second-order valence-corrected chi connectivity index (χ2v) is 5.17. The van der Waals surface area contributed by atoms with Gasteiger partial charge in [-0.15, -0.1) is 0 Å². The number of hydrogen-bond acceptors (Lipinski definition) is 4. The van der Waals surface area contributed by atoms with Crippen molar-refractivity contribution in [2.45, 2.75) is 13.3 Å². The van der Waals surface area contributed by atoms with Crippen LogP contribution >= 0.6 is 0 Å². The Kier molecular flexibility index (Phi) is 4.56. The van der Waals surface area contributed by atoms with Gasteiger partial charge in [-0.25, -0.2) is 9.78 Å². The summed E-state index contributed by atoms with van der Waals surface area (Å²) in [5.74, 6) is -0.460. The molecule has 24 heavy (non-hydrogen) atoms. The van der Waals surface area contributed by atoms with E-state index in [0.717, 1.165) is 5.56 Å². The van der Waals surface area contributed by atoms with Crippen LogP contribution in [0.2, 0.25) is 0 Å². The Hall–Kier alpha value is -3.15. The zero-order valence-electron chi connectivity index (χ0n) is 13.2. The fourth-order valence-corrected chi connectivity index (χ4v) is 2.41. The summed E-state index contributed by atoms with van der Waals surface area (Å²) in [5.41, 5.74) is 1.56. The summed E-state index contributed by atoms with van der Waals surface area (Å²) in [4.78, 5) is 28.7. The number of aromatic nitrogens is 2. The lowest BCUT2D eigenvalue weighted by molar-refractivity contribution is -0.115. The molecule has 1 amide bonds. The molecule has 0 bridgehead atoms. The van der Waals surface area contributed by atoms with Gasteiger partial charge in [-0.2, -0.15) is 0 Å². The van der Waals surface area contributed by atoms with Crippen molar-refractivity contribution in [2.24, 2.45) is 0 Å². The maximum absolute atomic E-state index is 12.4. The zero-order valence-corrected chi connectivity index (χ0v) is 13.2. The molecule has 0 radical (unpaired) electrons. The lowest BCUT2D eigenvalue weighted by atomic mass is 10.1. The lowest BCUT2D eigenvalue weighted by Gasteiger charge is -2.07. The van der Waals surface area contributed by atoms with Crippen molar-refractivity contribution in [1.29, 1.82) is 0 Å². The minimum atomic E-state index is -0.559. The van der Waals surface area contributed by atoms with Gasteiger partial charge in [-0.05, 0) is 24.6 Å². The van der Waals surface area contributed by atoms with E-state index in [1.165, 1.54) is 0 Å². The molecule has 0 saturated heterocycles. The number of hydrogen-bond donors (Lipinski definition) is 1. The summed E-state index contributed by atoms with van der Waals surface area (Å²) in [5, 5.41) is 2.78. The highest BCUT2D eigenvalue weighted by atomic mass is 16.5. The molecular weight excluding hydrogens is 306 g/mol. The zero-order chi connectivity index (χ0) is 16.9. The van der Waals surface area contributed by atoms with Gasteiger partial charge in [-0.3, -0.25) is 9.20 Å². The normalized spacial score (nSPS) is 10.5. The maximum atomic E-state index is 12.4. The molecule has 0 fully saturated rings. The highest BCUT2D eigenvalue weighted by Gasteiger charge is 2.21. The number of carbonyl (C=O) groups is 2. The first-order valence-electron chi connectivity index (χ1n) is 7.67. The monoisotopic (exact) mass is 323 g/mol. The fourth-order valence-electron chi connectivity index (χ4n) is 2.41. The van der Waals surface area contributed by atoms with Crippen LogP contribution in [-0.4, -0.2) is 27.9 Å². The van der Waals surface area contributed by atoms with Crippen molar-refractivity contribution in [3.8, 4) is 0 Å². The third-order valence-electron chi connectivity index (χ3n) is 3.46. The molecule has 0 aliphatic carbocycles. The van der Waals surface area contributed by atoms with Crippen LogP contribution in [0.5, 0.6) is 0 Å². The van der Waals surface area contributed by atoms with E-state index in [4.69, 9.17) is 4.74 Å². The van der Waals surface area contributed by atoms with E-state index in [9.17, 15) is 9.59 Å². The van der Waals surface area contributed by atoms with E-state index >= 15 is 0 Å². The average molecular weight is 323 g/mol. The van der Waals surface area contributed by atoms with Crippen LogP contribution in [0.1, 0.15) is 23.0 Å². The van der Waals surface area contributed by atoms with E-state index in [2.05, 4.69) is 10.3 Å². The summed E-state index contributed by atoms with van der Waals surface area (Å²) in [7, 11) is 0. The Bertz CT molecular complexity index is 872. The smallest absolute Gasteiger partial charge is 0.360 e. The summed E-state index contributed by atoms with van der Waals surface area (Å²) in [6, 6.07) is 14.8. The first kappa shape index (κ1) is 15.7. The minimum absolute atomic E-state index is 0.101. The predicted molar refractivity (Wildman–Crippen MR) is 89.9 cm³/mol. The fraction of sp³-hybridized carbons (Fsp3) is 0.167. The van der Waals surface area contributed by atoms with Gasteiger partial charge in [0.05, 0.1) is 13.0 Å². The number of nitrogens with zero attached hydrogens (tertiary/aromatic N) is 2. The van der Waals surface area contributed by atoms with Crippen LogP contribution in [0.4, 0.5) is 5.82 Å². The van der Waals surface area contributed by atoms with Gasteiger partial charge in [0, 0.05) is 6.20 Å². The van der Waals surface area contributed by atoms with Gasteiger partial charge < -0.3 is 10.1 Å². The van der Waals surface area contributed by atoms with Gasteiger partial charge in [0.25, 0.3) is 0 Å². The SMILES string of the molecule is CCOC(=O)c1nc2ccccn2c1NC(=O)Cc1ccccc1. The number of amides is 1. The number of esters is 1. The molecule has 0 aliphatic heterocycles. The van der Waals surface area contributed by atoms with E-state index in [0.29, 0.717) is 11.5 Å². The Morgan fingerprint density at radius 3 is 2.62 bits per heavy atom. The van der Waals surface area contributed by atoms with Crippen LogP contribution in [0.25, 0.3) is 5.65 Å². The highest BCUT2D eigenvalue weighted by Crippen LogP contribution is 2.19. The molecule has 0 aliphatic rings. The van der Waals surface area contributed by atoms with Crippen LogP contribution < -0.4 is 5.32 Å². The molecule has 1 aromatic carbocycles. The van der Waals surface area contributed by atoms with E-state index in [1.54, 1.807) is 29.7 Å². The molecule has 2 aromatic heterocycles. The average Bonchev–Trinajstić information content (AvgIpc) is 2.95. The number of imidazole rings is 1. The Labute approximate surface area is 139 Å². The van der Waals surface area contributed by atoms with Crippen molar-refractivity contribution in [1.82, 2.24) is 9.38 Å². The number of ether oxygens (including phenoxy) is 1. The van der Waals surface area contributed by atoms with Gasteiger partial charge in [0.1, 0.15) is 5.65 Å². The summed E-state index contributed by atoms with van der Waals surface area (Å²) in [6.07, 6.45) is 1.95. The first-order valence-corrected chi connectivity index (χ1v) is 7.67. The molecule has 2 heterocycles. The standard InChI is InChI=1S/C18H17N3O3/c1-2-24-18(23)16-17(21-11-7-6-10-14(21)19-16)20-15(22)12-13-8-4-3-5-9-13/h3-11H,2,12H2,1H3,(H,20,22). The summed E-state index contributed by atoms with van der Waals surface area (Å²) >= 11 is 0. The van der Waals surface area contributed by atoms with Crippen LogP contribution in [-0.2, 0) is 16.0 Å². The van der Waals surface area contributed by atoms with Gasteiger partial charge >= 0.3 is 5.97 Å². The molecule has 3 rings (SSSR count). The molecule has 0 unspecified atom stereocenters. The minimum Gasteiger partial charge on any atom is -0.461 e. The second-order valence-electron chi connectivity index (χ2n) is 5.17. The lowest BCUT2D eigenvalue weighted by Crippen LogP contribution is -2.18. The quantitative estimate of drug-likeness (QED) is 0.733. The van der Waals surface area contributed by atoms with Crippen molar-refractivity contribution >= 4 is 23.3 Å². The summed E-state index contributed by atoms with van der Waals surface area (Å²) < 4.78 is 6.69. The summed E-state index contributed by atoms with van der Waals surface area (Å²) in [6.45, 7) is 1.96. The topological polar surface area (TPSA) is 72.7 Å². The second kappa shape index (κ2) is 6.95. The Morgan fingerprint density at radius 1 is 1.12 bits per heavy atom. The third kappa shape index (κ3) is 3.27. The van der Waals surface area contributed by atoms with E-state index in [-0.39, 0.29) is 24.6 Å². The van der Waals surface area contributed by atoms with Crippen molar-refractivity contribution < 1.29 is 14.3 Å². The first-order chi connectivity index (χ1) is 11.7. The molecule has 3 aromatic rings. The number of nitrogens with one attached hydrogen (secondary N) is 1. The van der Waals surface area contributed by atoms with Gasteiger partial charge in [-0.1, -0.05) is 36.4 Å². The number of carbonyl (C=O) groups excluding carboxylic acids is 2. The highest BCUT2D eigenvalue weighted by molar-refractivity contribution is 6.00. The van der Waals surface area contributed by atoms with Crippen molar-refractivity contribution in [3.05, 3.63) is 66.0 Å². The van der Waals surface area contributed by atoms with Gasteiger partial charge in [0.2, 0.25) is 5.91 Å². The predicted octanol–water partition coefficient (Wildman–Crippen LogP) is 2.69. The Balaban J connectivity index is 1.90. The molecule has 0 spiro atoms. The van der Waals surface area contributed by atoms with Gasteiger partial charge in [0.15, 0.2) is 11.5 Å². The molecule has 0 atom stereocenters. The molecule has 6 heteroatoms. The molecule has 6 nitrogen and oxygen atoms in total. The van der Waals surface area contributed by atoms with E-state index in [1.807, 2.05) is 36.4 Å². The molecule has 122 valence electrons. The van der Waals surface area contributed by atoms with Crippen molar-refractivity contribution in [3.63, 3.8) is 0 Å². The largest absolute Gasteiger partial charge is 0.461 e. The molecule has 0 saturated carbocycles. The van der Waals surface area contributed by atoms with E-state index < -0.39 is 5.97 Å². The van der Waals surface area contributed by atoms with Crippen LogP contribution in [0.15, 0.2) is 54.7 Å². The van der Waals surface area contributed by atoms with Crippen molar-refractivity contribution in [2.75, 3.05) is 11.9 Å².